The van der Waals surface area contributed by atoms with E-state index in [1.165, 1.54) is 39.2 Å². The molecule has 9 heteroatoms. The zero-order valence-corrected chi connectivity index (χ0v) is 23.6. The van der Waals surface area contributed by atoms with Crippen LogP contribution in [0.15, 0.2) is 52.3 Å². The van der Waals surface area contributed by atoms with Crippen molar-refractivity contribution in [2.24, 2.45) is 13.0 Å². The van der Waals surface area contributed by atoms with Crippen molar-refractivity contribution in [2.45, 2.75) is 58.3 Å². The van der Waals surface area contributed by atoms with E-state index in [0.29, 0.717) is 23.0 Å². The first kappa shape index (κ1) is 25.3. The van der Waals surface area contributed by atoms with Gasteiger partial charge in [-0.15, -0.1) is 11.3 Å². The summed E-state index contributed by atoms with van der Waals surface area (Å²) in [6.45, 7) is 7.93. The highest BCUT2D eigenvalue weighted by Crippen LogP contribution is 2.45. The summed E-state index contributed by atoms with van der Waals surface area (Å²) in [5, 5.41) is 0.655. The Morgan fingerprint density at radius 1 is 1.16 bits per heavy atom. The fourth-order valence-electron chi connectivity index (χ4n) is 6.16. The van der Waals surface area contributed by atoms with Crippen LogP contribution in [0.5, 0.6) is 5.75 Å². The number of rotatable bonds is 6. The minimum Gasteiger partial charge on any atom is -0.488 e. The Morgan fingerprint density at radius 2 is 1.97 bits per heavy atom. The van der Waals surface area contributed by atoms with E-state index in [1.807, 2.05) is 31.2 Å². The van der Waals surface area contributed by atoms with E-state index in [2.05, 4.69) is 23.7 Å². The number of halogens is 1. The molecular weight excluding hydrogens is 520 g/mol. The quantitative estimate of drug-likeness (QED) is 0.335. The first-order chi connectivity index (χ1) is 18.2. The molecule has 1 saturated heterocycles. The number of pyridine rings is 1. The molecule has 2 fully saturated rings. The van der Waals surface area contributed by atoms with Crippen LogP contribution in [0.4, 0.5) is 0 Å². The maximum atomic E-state index is 12.6. The van der Waals surface area contributed by atoms with E-state index < -0.39 is 0 Å². The van der Waals surface area contributed by atoms with E-state index in [1.54, 1.807) is 13.2 Å². The maximum absolute atomic E-state index is 12.6. The number of likely N-dealkylation sites (tertiary alicyclic amines) is 1. The van der Waals surface area contributed by atoms with Gasteiger partial charge >= 0.3 is 5.69 Å². The number of aromatic nitrogens is 3. The first-order valence-corrected chi connectivity index (χ1v) is 14.3. The molecule has 0 radical (unpaired) electrons. The Morgan fingerprint density at radius 3 is 2.74 bits per heavy atom. The summed E-state index contributed by atoms with van der Waals surface area (Å²) in [7, 11) is 1.64. The zero-order chi connectivity index (χ0) is 26.7. The highest BCUT2D eigenvalue weighted by molar-refractivity contribution is 7.19. The molecular formula is C29H31ClN4O3S. The molecule has 4 aromatic rings. The summed E-state index contributed by atoms with van der Waals surface area (Å²) in [6, 6.07) is 10.2. The third-order valence-corrected chi connectivity index (χ3v) is 9.30. The third-order valence-electron chi connectivity index (χ3n) is 7.94. The summed E-state index contributed by atoms with van der Waals surface area (Å²) < 4.78 is 10.5. The Kier molecular flexibility index (Phi) is 6.45. The van der Waals surface area contributed by atoms with Crippen molar-refractivity contribution in [3.05, 3.63) is 79.0 Å². The SMILES string of the molecule is Cc1cc(Cl)cc(-c2ccnc3cc(Cn4c(=O)ccn(C)c4=O)sc23)c1OC1CC2CC1N(C(C)C)C2. The lowest BCUT2D eigenvalue weighted by molar-refractivity contribution is 0.0563. The molecule has 4 heterocycles. The van der Waals surface area contributed by atoms with Crippen LogP contribution >= 0.6 is 22.9 Å². The average Bonchev–Trinajstić information content (AvgIpc) is 3.59. The molecule has 6 rings (SSSR count). The van der Waals surface area contributed by atoms with Gasteiger partial charge in [-0.05, 0) is 69.4 Å². The normalized spacial score (nSPS) is 21.2. The van der Waals surface area contributed by atoms with Crippen LogP contribution in [0.3, 0.4) is 0 Å². The Balaban J connectivity index is 1.40. The lowest BCUT2D eigenvalue weighted by atomic mass is 10.0. The minimum absolute atomic E-state index is 0.146. The minimum atomic E-state index is -0.342. The van der Waals surface area contributed by atoms with Gasteiger partial charge in [0.1, 0.15) is 11.9 Å². The number of benzene rings is 1. The van der Waals surface area contributed by atoms with E-state index >= 15 is 0 Å². The smallest absolute Gasteiger partial charge is 0.331 e. The molecule has 1 saturated carbocycles. The van der Waals surface area contributed by atoms with Crippen LogP contribution in [0.2, 0.25) is 5.02 Å². The second-order valence-electron chi connectivity index (χ2n) is 10.9. The maximum Gasteiger partial charge on any atom is 0.331 e. The number of hydrogen-bond acceptors (Lipinski definition) is 6. The summed E-state index contributed by atoms with van der Waals surface area (Å²) in [5.74, 6) is 1.55. The zero-order valence-electron chi connectivity index (χ0n) is 22.0. The molecule has 3 aromatic heterocycles. The van der Waals surface area contributed by atoms with Gasteiger partial charge in [-0.3, -0.25) is 19.2 Å². The molecule has 1 aromatic carbocycles. The van der Waals surface area contributed by atoms with Gasteiger partial charge in [0.25, 0.3) is 5.56 Å². The number of aryl methyl sites for hydroxylation is 2. The molecule has 198 valence electrons. The molecule has 3 unspecified atom stereocenters. The van der Waals surface area contributed by atoms with E-state index in [4.69, 9.17) is 16.3 Å². The average molecular weight is 551 g/mol. The lowest BCUT2D eigenvalue weighted by Crippen LogP contribution is -2.47. The second-order valence-corrected chi connectivity index (χ2v) is 12.4. The topological polar surface area (TPSA) is 69.4 Å². The molecule has 7 nitrogen and oxygen atoms in total. The van der Waals surface area contributed by atoms with Crippen LogP contribution in [0, 0.1) is 12.8 Å². The number of fused-ring (bicyclic) bond motifs is 3. The van der Waals surface area contributed by atoms with Gasteiger partial charge in [-0.1, -0.05) is 11.6 Å². The number of piperidine rings is 1. The monoisotopic (exact) mass is 550 g/mol. The van der Waals surface area contributed by atoms with Gasteiger partial charge in [0.15, 0.2) is 0 Å². The van der Waals surface area contributed by atoms with Gasteiger partial charge in [-0.2, -0.15) is 0 Å². The van der Waals surface area contributed by atoms with Crippen LogP contribution < -0.4 is 16.0 Å². The highest BCUT2D eigenvalue weighted by atomic mass is 35.5. The molecule has 1 aliphatic carbocycles. The first-order valence-electron chi connectivity index (χ1n) is 13.1. The van der Waals surface area contributed by atoms with Crippen molar-refractivity contribution >= 4 is 33.2 Å². The Hall–Kier alpha value is -2.94. The highest BCUT2D eigenvalue weighted by Gasteiger charge is 2.47. The van der Waals surface area contributed by atoms with Gasteiger partial charge < -0.3 is 9.30 Å². The van der Waals surface area contributed by atoms with Crippen LogP contribution in [0.1, 0.15) is 37.1 Å². The van der Waals surface area contributed by atoms with Crippen LogP contribution in [0.25, 0.3) is 21.3 Å². The number of thiophene rings is 1. The van der Waals surface area contributed by atoms with E-state index in [0.717, 1.165) is 50.5 Å². The molecule has 0 amide bonds. The third kappa shape index (κ3) is 4.38. The fourth-order valence-corrected chi connectivity index (χ4v) is 7.56. The van der Waals surface area contributed by atoms with Crippen molar-refractivity contribution in [2.75, 3.05) is 6.54 Å². The van der Waals surface area contributed by atoms with E-state index in [9.17, 15) is 9.59 Å². The molecule has 2 aliphatic rings. The summed E-state index contributed by atoms with van der Waals surface area (Å²) >= 11 is 8.12. The standard InChI is InChI=1S/C29H31ClN4O3S/c1-16(2)33-14-18-10-24(33)25(11-18)37-27-17(3)9-19(30)12-22(27)21-5-7-31-23-13-20(38-28(21)23)15-34-26(35)6-8-32(4)29(34)36/h5-9,12-13,16,18,24-25H,10-11,14-15H2,1-4H3. The fraction of sp³-hybridized carbons (Fsp3) is 0.414. The lowest BCUT2D eigenvalue weighted by Gasteiger charge is -2.36. The summed E-state index contributed by atoms with van der Waals surface area (Å²) in [6.07, 6.45) is 5.69. The predicted molar refractivity (Wildman–Crippen MR) is 153 cm³/mol. The molecule has 0 spiro atoms. The van der Waals surface area contributed by atoms with Crippen molar-refractivity contribution in [3.8, 4) is 16.9 Å². The molecule has 1 aliphatic heterocycles. The second kappa shape index (κ2) is 9.67. The Bertz CT molecular complexity index is 1660. The van der Waals surface area contributed by atoms with Crippen molar-refractivity contribution in [3.63, 3.8) is 0 Å². The Labute approximate surface area is 230 Å². The molecule has 0 N–H and O–H groups in total. The van der Waals surface area contributed by atoms with E-state index in [-0.39, 0.29) is 23.9 Å². The van der Waals surface area contributed by atoms with Crippen LogP contribution in [-0.2, 0) is 13.6 Å². The predicted octanol–water partition coefficient (Wildman–Crippen LogP) is 5.08. The largest absolute Gasteiger partial charge is 0.488 e. The molecule has 38 heavy (non-hydrogen) atoms. The van der Waals surface area contributed by atoms with Crippen LogP contribution in [-0.4, -0.2) is 43.8 Å². The van der Waals surface area contributed by atoms with Crippen molar-refractivity contribution in [1.29, 1.82) is 0 Å². The van der Waals surface area contributed by atoms with Gasteiger partial charge in [-0.25, -0.2) is 4.79 Å². The number of hydrogen-bond donors (Lipinski definition) is 0. The van der Waals surface area contributed by atoms with Crippen molar-refractivity contribution in [1.82, 2.24) is 19.0 Å². The number of ether oxygens (including phenoxy) is 1. The van der Waals surface area contributed by atoms with Gasteiger partial charge in [0.05, 0.1) is 16.8 Å². The van der Waals surface area contributed by atoms with Gasteiger partial charge in [0.2, 0.25) is 0 Å². The summed E-state index contributed by atoms with van der Waals surface area (Å²) in [4.78, 5) is 33.0. The van der Waals surface area contributed by atoms with Gasteiger partial charge in [0, 0.05) is 65.2 Å². The molecule has 3 atom stereocenters. The summed E-state index contributed by atoms with van der Waals surface area (Å²) in [5.41, 5.74) is 3.10. The van der Waals surface area contributed by atoms with Crippen molar-refractivity contribution < 1.29 is 4.74 Å². The number of nitrogens with zero attached hydrogens (tertiary/aromatic N) is 4. The molecule has 2 bridgehead atoms.